The summed E-state index contributed by atoms with van der Waals surface area (Å²) < 4.78 is 63.5. The summed E-state index contributed by atoms with van der Waals surface area (Å²) in [6.45, 7) is 7.91. The van der Waals surface area contributed by atoms with Crippen LogP contribution in [-0.2, 0) is 31.2 Å². The van der Waals surface area contributed by atoms with E-state index in [2.05, 4.69) is 0 Å². The maximum atomic E-state index is 15.0. The number of rotatable bonds is 12. The zero-order valence-corrected chi connectivity index (χ0v) is 37.6. The van der Waals surface area contributed by atoms with Crippen LogP contribution in [0, 0.1) is 27.7 Å². The summed E-state index contributed by atoms with van der Waals surface area (Å²) in [7, 11) is -8.10. The minimum Gasteiger partial charge on any atom is -0.231 e. The van der Waals surface area contributed by atoms with Gasteiger partial charge in [0, 0.05) is 22.3 Å². The Morgan fingerprint density at radius 2 is 0.641 bits per heavy atom. The van der Waals surface area contributed by atoms with Gasteiger partial charge in [-0.2, -0.15) is 10.2 Å². The topological polar surface area (TPSA) is 104 Å². The van der Waals surface area contributed by atoms with Crippen LogP contribution in [0.2, 0.25) is 0 Å². The third-order valence-corrected chi connectivity index (χ3v) is 14.8. The van der Waals surface area contributed by atoms with Crippen LogP contribution in [0.15, 0.2) is 192 Å². The average molecular weight is 879 g/mol. The van der Waals surface area contributed by atoms with Gasteiger partial charge in [0.2, 0.25) is 0 Å². The fraction of sp³-hybridized carbons (Fsp3) is 0.111. The van der Waals surface area contributed by atoms with Gasteiger partial charge in [-0.15, -0.1) is 0 Å². The summed E-state index contributed by atoms with van der Waals surface area (Å²) in [5.41, 5.74) is 10.8. The molecule has 9 rings (SSSR count). The van der Waals surface area contributed by atoms with Crippen LogP contribution in [-0.4, -0.2) is 36.4 Å². The van der Waals surface area contributed by atoms with Crippen molar-refractivity contribution in [3.05, 3.63) is 215 Å². The molecule has 0 radical (unpaired) electrons. The van der Waals surface area contributed by atoms with Gasteiger partial charge < -0.3 is 0 Å². The van der Waals surface area contributed by atoms with E-state index < -0.39 is 19.7 Å². The quantitative estimate of drug-likeness (QED) is 0.121. The van der Waals surface area contributed by atoms with Crippen LogP contribution in [0.25, 0.3) is 56.4 Å². The maximum Gasteiger partial charge on any atom is 0.186 e. The smallest absolute Gasteiger partial charge is 0.186 e. The number of nitrogens with zero attached hydrogens (tertiary/aromatic N) is 4. The summed E-state index contributed by atoms with van der Waals surface area (Å²) >= 11 is 0. The summed E-state index contributed by atoms with van der Waals surface area (Å²) in [5.74, 6) is -0.476. The number of sulfone groups is 2. The first-order valence-electron chi connectivity index (χ1n) is 21.0. The van der Waals surface area contributed by atoms with Gasteiger partial charge in [-0.1, -0.05) is 180 Å². The molecule has 64 heavy (non-hydrogen) atoms. The molecular formula is C54H46N4O4S2. The van der Waals surface area contributed by atoms with Crippen molar-refractivity contribution in [1.82, 2.24) is 19.6 Å². The zero-order valence-electron chi connectivity index (χ0n) is 36.0. The van der Waals surface area contributed by atoms with E-state index >= 15 is 16.8 Å². The second-order valence-corrected chi connectivity index (χ2v) is 20.2. The van der Waals surface area contributed by atoms with Crippen molar-refractivity contribution in [1.29, 1.82) is 0 Å². The van der Waals surface area contributed by atoms with Crippen LogP contribution in [0.1, 0.15) is 33.4 Å². The zero-order chi connectivity index (χ0) is 44.6. The molecule has 0 amide bonds. The lowest BCUT2D eigenvalue weighted by Crippen LogP contribution is -2.09. The van der Waals surface area contributed by atoms with Crippen molar-refractivity contribution >= 4 is 19.7 Å². The SMILES string of the molecule is Cc1ccc(CS(=O)(=O)c2c(-c3ccc(C)cc3)nn(-c3ccccc3)c2-c2ccc(-c3c(S(=O)(=O)Cc4ccc(C)cc4)c(-c4ccc(C)cc4)nn3-c3ccccc3)cc2)cc1. The lowest BCUT2D eigenvalue weighted by molar-refractivity contribution is 0.594. The Labute approximate surface area is 375 Å². The number of hydrogen-bond acceptors (Lipinski definition) is 6. The van der Waals surface area contributed by atoms with Gasteiger partial charge in [-0.25, -0.2) is 26.2 Å². The van der Waals surface area contributed by atoms with Gasteiger partial charge in [-0.3, -0.25) is 0 Å². The standard InChI is InChI=1S/C54H46N4O4S2/c1-37-15-23-41(24-16-37)35-63(59,60)53-49(43-27-19-39(3)20-28-43)55-57(47-11-7-5-8-12-47)51(53)45-31-33-46(34-32-45)52-54(64(61,62)36-42-25-17-38(2)18-26-42)50(44-29-21-40(4)22-30-44)56-58(52)48-13-9-6-10-14-48/h5-34H,35-36H2,1-4H3. The summed E-state index contributed by atoms with van der Waals surface area (Å²) in [4.78, 5) is 0.205. The van der Waals surface area contributed by atoms with Gasteiger partial charge in [0.1, 0.15) is 21.2 Å². The molecule has 0 spiro atoms. The number of aromatic nitrogens is 4. The lowest BCUT2D eigenvalue weighted by Gasteiger charge is -2.14. The lowest BCUT2D eigenvalue weighted by atomic mass is 10.0. The predicted octanol–water partition coefficient (Wildman–Crippen LogP) is 11.9. The fourth-order valence-electron chi connectivity index (χ4n) is 7.95. The van der Waals surface area contributed by atoms with Gasteiger partial charge in [-0.05, 0) is 63.1 Å². The minimum atomic E-state index is -4.05. The Kier molecular flexibility index (Phi) is 11.3. The Bertz CT molecular complexity index is 3100. The van der Waals surface area contributed by atoms with Gasteiger partial charge in [0.05, 0.1) is 34.3 Å². The largest absolute Gasteiger partial charge is 0.231 e. The maximum absolute atomic E-state index is 15.0. The molecular weight excluding hydrogens is 833 g/mol. The number of aryl methyl sites for hydroxylation is 4. The van der Waals surface area contributed by atoms with Crippen molar-refractivity contribution < 1.29 is 16.8 Å². The van der Waals surface area contributed by atoms with E-state index in [1.54, 1.807) is 9.36 Å². The first-order valence-corrected chi connectivity index (χ1v) is 24.3. The van der Waals surface area contributed by atoms with Crippen molar-refractivity contribution in [2.45, 2.75) is 49.0 Å². The van der Waals surface area contributed by atoms with Gasteiger partial charge >= 0.3 is 0 Å². The molecule has 8 nitrogen and oxygen atoms in total. The van der Waals surface area contributed by atoms with E-state index in [-0.39, 0.29) is 21.3 Å². The first kappa shape index (κ1) is 42.2. The van der Waals surface area contributed by atoms with E-state index in [1.165, 1.54) is 0 Å². The monoisotopic (exact) mass is 878 g/mol. The van der Waals surface area contributed by atoms with Crippen LogP contribution in [0.5, 0.6) is 0 Å². The van der Waals surface area contributed by atoms with Crippen molar-refractivity contribution in [2.24, 2.45) is 0 Å². The van der Waals surface area contributed by atoms with Crippen LogP contribution < -0.4 is 0 Å². The van der Waals surface area contributed by atoms with Crippen molar-refractivity contribution in [3.8, 4) is 56.4 Å². The molecule has 0 N–H and O–H groups in total. The first-order chi connectivity index (χ1) is 30.8. The molecule has 2 aromatic heterocycles. The molecule has 7 aromatic carbocycles. The number of benzene rings is 7. The highest BCUT2D eigenvalue weighted by Gasteiger charge is 2.34. The molecule has 0 aliphatic rings. The molecule has 10 heteroatoms. The normalized spacial score (nSPS) is 11.8. The highest BCUT2D eigenvalue weighted by atomic mass is 32.2. The molecule has 2 heterocycles. The van der Waals surface area contributed by atoms with E-state index in [9.17, 15) is 0 Å². The minimum absolute atomic E-state index is 0.103. The molecule has 0 aliphatic heterocycles. The second kappa shape index (κ2) is 17.2. The van der Waals surface area contributed by atoms with Crippen LogP contribution in [0.3, 0.4) is 0 Å². The van der Waals surface area contributed by atoms with E-state index in [0.717, 1.165) is 22.3 Å². The van der Waals surface area contributed by atoms with E-state index in [4.69, 9.17) is 10.2 Å². The molecule has 318 valence electrons. The number of hydrogen-bond donors (Lipinski definition) is 0. The summed E-state index contributed by atoms with van der Waals surface area (Å²) in [6, 6.07) is 56.8. The molecule has 9 aromatic rings. The van der Waals surface area contributed by atoms with E-state index in [1.807, 2.05) is 210 Å². The van der Waals surface area contributed by atoms with Crippen molar-refractivity contribution in [2.75, 3.05) is 0 Å². The molecule has 0 unspecified atom stereocenters. The second-order valence-electron chi connectivity index (χ2n) is 16.3. The van der Waals surface area contributed by atoms with E-state index in [0.29, 0.717) is 67.5 Å². The molecule has 0 atom stereocenters. The summed E-state index contributed by atoms with van der Waals surface area (Å²) in [6.07, 6.45) is 0. The Hall–Kier alpha value is -7.14. The Morgan fingerprint density at radius 1 is 0.359 bits per heavy atom. The van der Waals surface area contributed by atoms with Crippen LogP contribution in [0.4, 0.5) is 0 Å². The number of para-hydroxylation sites is 2. The third kappa shape index (κ3) is 8.50. The molecule has 0 saturated carbocycles. The molecule has 0 fully saturated rings. The van der Waals surface area contributed by atoms with Gasteiger partial charge in [0.25, 0.3) is 0 Å². The Morgan fingerprint density at radius 3 is 0.953 bits per heavy atom. The van der Waals surface area contributed by atoms with Gasteiger partial charge in [0.15, 0.2) is 19.7 Å². The highest BCUT2D eigenvalue weighted by molar-refractivity contribution is 7.91. The highest BCUT2D eigenvalue weighted by Crippen LogP contribution is 2.43. The summed E-state index contributed by atoms with van der Waals surface area (Å²) in [5, 5.41) is 10.2. The molecule has 0 bridgehead atoms. The van der Waals surface area contributed by atoms with Crippen molar-refractivity contribution in [3.63, 3.8) is 0 Å². The predicted molar refractivity (Wildman–Crippen MR) is 256 cm³/mol. The average Bonchev–Trinajstić information content (AvgIpc) is 3.91. The molecule has 0 aliphatic carbocycles. The van der Waals surface area contributed by atoms with Crippen LogP contribution >= 0.6 is 0 Å². The molecule has 0 saturated heterocycles. The third-order valence-electron chi connectivity index (χ3n) is 11.3. The fourth-order valence-corrected chi connectivity index (χ4v) is 11.4. The Balaban J connectivity index is 1.28.